The molecule has 1 aliphatic heterocycles. The van der Waals surface area contributed by atoms with Gasteiger partial charge in [-0.15, -0.1) is 0 Å². The summed E-state index contributed by atoms with van der Waals surface area (Å²) in [5, 5.41) is 3.56. The first-order chi connectivity index (χ1) is 13.6. The smallest absolute Gasteiger partial charge is 0.293 e. The van der Waals surface area contributed by atoms with E-state index in [9.17, 15) is 9.59 Å². The van der Waals surface area contributed by atoms with Crippen LogP contribution in [-0.4, -0.2) is 18.4 Å². The molecule has 5 nitrogen and oxygen atoms in total. The molecular formula is C22H19ClN2O3. The van der Waals surface area contributed by atoms with E-state index in [-0.39, 0.29) is 18.2 Å². The first-order valence-corrected chi connectivity index (χ1v) is 9.50. The minimum Gasteiger partial charge on any atom is -0.459 e. The lowest BCUT2D eigenvalue weighted by atomic mass is 10.0. The average molecular weight is 395 g/mol. The zero-order valence-electron chi connectivity index (χ0n) is 15.2. The number of fused-ring (bicyclic) bond motifs is 1. The second-order valence-electron chi connectivity index (χ2n) is 6.73. The maximum absolute atomic E-state index is 12.8. The van der Waals surface area contributed by atoms with Crippen molar-refractivity contribution in [2.45, 2.75) is 19.3 Å². The van der Waals surface area contributed by atoms with Gasteiger partial charge in [0.15, 0.2) is 5.76 Å². The molecule has 142 valence electrons. The quantitative estimate of drug-likeness (QED) is 0.697. The topological polar surface area (TPSA) is 62.6 Å². The molecule has 2 heterocycles. The zero-order valence-corrected chi connectivity index (χ0v) is 15.9. The standard InChI is InChI=1S/C22H19ClN2O3/c23-17-8-5-15(6-9-17)13-21(26)24-18-10-7-16-3-1-11-25(19(16)14-18)22(27)20-4-2-12-28-20/h2,4-10,12,14H,1,3,11,13H2,(H,24,26). The number of nitrogens with one attached hydrogen (secondary N) is 1. The summed E-state index contributed by atoms with van der Waals surface area (Å²) in [6.07, 6.45) is 3.53. The molecule has 0 atom stereocenters. The van der Waals surface area contributed by atoms with Crippen molar-refractivity contribution in [2.75, 3.05) is 16.8 Å². The number of furan rings is 1. The maximum atomic E-state index is 12.8. The van der Waals surface area contributed by atoms with Crippen molar-refractivity contribution in [3.63, 3.8) is 0 Å². The summed E-state index contributed by atoms with van der Waals surface area (Å²) in [4.78, 5) is 26.9. The van der Waals surface area contributed by atoms with Crippen LogP contribution in [0.1, 0.15) is 28.1 Å². The Morgan fingerprint density at radius 1 is 1.11 bits per heavy atom. The molecule has 6 heteroatoms. The van der Waals surface area contributed by atoms with E-state index in [2.05, 4.69) is 5.32 Å². The second-order valence-corrected chi connectivity index (χ2v) is 7.17. The molecule has 1 N–H and O–H groups in total. The fraction of sp³-hybridized carbons (Fsp3) is 0.182. The van der Waals surface area contributed by atoms with Crippen molar-refractivity contribution in [3.8, 4) is 0 Å². The summed E-state index contributed by atoms with van der Waals surface area (Å²) in [7, 11) is 0. The normalized spacial score (nSPS) is 13.1. The van der Waals surface area contributed by atoms with E-state index in [0.717, 1.165) is 29.7 Å². The van der Waals surface area contributed by atoms with Crippen LogP contribution in [0.15, 0.2) is 65.3 Å². The third kappa shape index (κ3) is 3.94. The third-order valence-electron chi connectivity index (χ3n) is 4.74. The molecule has 0 bridgehead atoms. The number of aryl methyl sites for hydroxylation is 1. The van der Waals surface area contributed by atoms with Crippen LogP contribution in [0, 0.1) is 0 Å². The van der Waals surface area contributed by atoms with Crippen LogP contribution in [0.3, 0.4) is 0 Å². The van der Waals surface area contributed by atoms with Crippen LogP contribution in [0.25, 0.3) is 0 Å². The number of anilines is 2. The number of hydrogen-bond acceptors (Lipinski definition) is 3. The van der Waals surface area contributed by atoms with Crippen LogP contribution >= 0.6 is 11.6 Å². The molecule has 2 amide bonds. The Labute approximate surface area is 167 Å². The van der Waals surface area contributed by atoms with Gasteiger partial charge in [-0.3, -0.25) is 9.59 Å². The Kier molecular flexibility index (Phi) is 5.17. The molecule has 28 heavy (non-hydrogen) atoms. The van der Waals surface area contributed by atoms with Crippen molar-refractivity contribution >= 4 is 34.8 Å². The molecule has 1 aliphatic rings. The molecule has 0 saturated heterocycles. The molecule has 3 aromatic rings. The van der Waals surface area contributed by atoms with Crippen molar-refractivity contribution in [1.29, 1.82) is 0 Å². The number of halogens is 1. The number of amides is 2. The number of hydrogen-bond donors (Lipinski definition) is 1. The number of carbonyl (C=O) groups is 2. The minimum atomic E-state index is -0.171. The van der Waals surface area contributed by atoms with Crippen molar-refractivity contribution in [2.24, 2.45) is 0 Å². The van der Waals surface area contributed by atoms with Crippen LogP contribution < -0.4 is 10.2 Å². The molecular weight excluding hydrogens is 376 g/mol. The molecule has 0 spiro atoms. The largest absolute Gasteiger partial charge is 0.459 e. The predicted octanol–water partition coefficient (Wildman–Crippen LogP) is 4.71. The van der Waals surface area contributed by atoms with Gasteiger partial charge in [0.2, 0.25) is 5.91 Å². The lowest BCUT2D eigenvalue weighted by molar-refractivity contribution is -0.115. The van der Waals surface area contributed by atoms with E-state index in [0.29, 0.717) is 23.0 Å². The average Bonchev–Trinajstić information content (AvgIpc) is 3.23. The Balaban J connectivity index is 1.52. The lowest BCUT2D eigenvalue weighted by Gasteiger charge is -2.29. The van der Waals surface area contributed by atoms with E-state index in [1.165, 1.54) is 6.26 Å². The minimum absolute atomic E-state index is 0.123. The van der Waals surface area contributed by atoms with Gasteiger partial charge >= 0.3 is 0 Å². The molecule has 0 saturated carbocycles. The van der Waals surface area contributed by atoms with Gasteiger partial charge in [0.25, 0.3) is 5.91 Å². The summed E-state index contributed by atoms with van der Waals surface area (Å²) in [5.41, 5.74) is 3.45. The van der Waals surface area contributed by atoms with Crippen LogP contribution in [0.4, 0.5) is 11.4 Å². The maximum Gasteiger partial charge on any atom is 0.293 e. The van der Waals surface area contributed by atoms with E-state index in [1.54, 1.807) is 29.2 Å². The van der Waals surface area contributed by atoms with Crippen LogP contribution in [0.2, 0.25) is 5.02 Å². The summed E-state index contributed by atoms with van der Waals surface area (Å²) in [6, 6.07) is 16.3. The van der Waals surface area contributed by atoms with E-state index in [1.807, 2.05) is 30.3 Å². The Hall–Kier alpha value is -3.05. The molecule has 2 aromatic carbocycles. The molecule has 4 rings (SSSR count). The molecule has 1 aromatic heterocycles. The third-order valence-corrected chi connectivity index (χ3v) is 4.99. The van der Waals surface area contributed by atoms with Gasteiger partial charge < -0.3 is 14.6 Å². The van der Waals surface area contributed by atoms with Crippen molar-refractivity contribution in [3.05, 3.63) is 82.8 Å². The number of rotatable bonds is 4. The SMILES string of the molecule is O=C(Cc1ccc(Cl)cc1)Nc1ccc2c(c1)N(C(=O)c1ccco1)CCC2. The van der Waals surface area contributed by atoms with Crippen molar-refractivity contribution < 1.29 is 14.0 Å². The van der Waals surface area contributed by atoms with E-state index in [4.69, 9.17) is 16.0 Å². The first-order valence-electron chi connectivity index (χ1n) is 9.13. The number of benzene rings is 2. The fourth-order valence-electron chi connectivity index (χ4n) is 3.39. The summed E-state index contributed by atoms with van der Waals surface area (Å²) in [6.45, 7) is 0.620. The Bertz CT molecular complexity index is 997. The van der Waals surface area contributed by atoms with Gasteiger partial charge in [0.05, 0.1) is 12.7 Å². The zero-order chi connectivity index (χ0) is 19.5. The number of nitrogens with zero attached hydrogens (tertiary/aromatic N) is 1. The summed E-state index contributed by atoms with van der Waals surface area (Å²) in [5.74, 6) is 0.0163. The van der Waals surface area contributed by atoms with E-state index >= 15 is 0 Å². The predicted molar refractivity (Wildman–Crippen MR) is 109 cm³/mol. The van der Waals surface area contributed by atoms with Gasteiger partial charge in [-0.1, -0.05) is 29.8 Å². The lowest BCUT2D eigenvalue weighted by Crippen LogP contribution is -2.35. The second kappa shape index (κ2) is 7.90. The molecule has 0 fully saturated rings. The van der Waals surface area contributed by atoms with Crippen molar-refractivity contribution in [1.82, 2.24) is 0 Å². The summed E-state index contributed by atoms with van der Waals surface area (Å²) >= 11 is 5.88. The molecule has 0 unspecified atom stereocenters. The van der Waals surface area contributed by atoms with Crippen LogP contribution in [-0.2, 0) is 17.6 Å². The molecule has 0 aliphatic carbocycles. The van der Waals surface area contributed by atoms with Gasteiger partial charge in [-0.25, -0.2) is 0 Å². The van der Waals surface area contributed by atoms with Gasteiger partial charge in [0, 0.05) is 22.9 Å². The summed E-state index contributed by atoms with van der Waals surface area (Å²) < 4.78 is 5.26. The highest BCUT2D eigenvalue weighted by molar-refractivity contribution is 6.30. The van der Waals surface area contributed by atoms with Gasteiger partial charge in [-0.05, 0) is 60.4 Å². The highest BCUT2D eigenvalue weighted by Gasteiger charge is 2.25. The fourth-order valence-corrected chi connectivity index (χ4v) is 3.52. The first kappa shape index (κ1) is 18.3. The Morgan fingerprint density at radius 3 is 2.68 bits per heavy atom. The highest BCUT2D eigenvalue weighted by atomic mass is 35.5. The van der Waals surface area contributed by atoms with Gasteiger partial charge in [-0.2, -0.15) is 0 Å². The van der Waals surface area contributed by atoms with E-state index < -0.39 is 0 Å². The Morgan fingerprint density at radius 2 is 1.93 bits per heavy atom. The number of carbonyl (C=O) groups excluding carboxylic acids is 2. The highest BCUT2D eigenvalue weighted by Crippen LogP contribution is 2.31. The monoisotopic (exact) mass is 394 g/mol. The van der Waals surface area contributed by atoms with Crippen LogP contribution in [0.5, 0.6) is 0 Å². The molecule has 0 radical (unpaired) electrons. The van der Waals surface area contributed by atoms with Gasteiger partial charge in [0.1, 0.15) is 0 Å².